The maximum Gasteiger partial charge on any atom is 0.161 e. The molecule has 0 saturated heterocycles. The molecule has 0 atom stereocenters. The van der Waals surface area contributed by atoms with Gasteiger partial charge in [0.2, 0.25) is 0 Å². The van der Waals surface area contributed by atoms with Gasteiger partial charge in [-0.3, -0.25) is 0 Å². The number of hydrogen-bond acceptors (Lipinski definition) is 4. The monoisotopic (exact) mass is 240 g/mol. The van der Waals surface area contributed by atoms with E-state index in [9.17, 15) is 0 Å². The van der Waals surface area contributed by atoms with E-state index in [0.29, 0.717) is 11.7 Å². The van der Waals surface area contributed by atoms with Crippen LogP contribution in [0.25, 0.3) is 11.4 Å². The van der Waals surface area contributed by atoms with Gasteiger partial charge in [0, 0.05) is 29.1 Å². The van der Waals surface area contributed by atoms with Crippen molar-refractivity contribution in [3.63, 3.8) is 0 Å². The van der Waals surface area contributed by atoms with Gasteiger partial charge in [-0.1, -0.05) is 6.42 Å². The zero-order valence-corrected chi connectivity index (χ0v) is 10.4. The Kier molecular flexibility index (Phi) is 2.70. The van der Waals surface area contributed by atoms with Crippen LogP contribution in [0, 0.1) is 6.92 Å². The normalized spacial score (nSPS) is 15.4. The van der Waals surface area contributed by atoms with Gasteiger partial charge in [-0.05, 0) is 38.0 Å². The molecular weight excluding hydrogens is 224 g/mol. The molecule has 4 heteroatoms. The molecule has 0 aromatic carbocycles. The van der Waals surface area contributed by atoms with Crippen LogP contribution in [0.1, 0.15) is 36.6 Å². The standard InChI is InChI=1S/C14H16N4/c1-9-7-12(10-3-2-4-10)18-14(17-9)11-5-6-13(15)16-8-11/h5-8,10H,2-4H2,1H3,(H2,15,16). The number of hydrogen-bond donors (Lipinski definition) is 1. The predicted octanol–water partition coefficient (Wildman–Crippen LogP) is 2.70. The highest BCUT2D eigenvalue weighted by Crippen LogP contribution is 2.35. The molecule has 1 aliphatic carbocycles. The smallest absolute Gasteiger partial charge is 0.161 e. The Hall–Kier alpha value is -1.97. The quantitative estimate of drug-likeness (QED) is 0.876. The second-order valence-corrected chi connectivity index (χ2v) is 4.86. The van der Waals surface area contributed by atoms with Crippen LogP contribution in [-0.4, -0.2) is 15.0 Å². The summed E-state index contributed by atoms with van der Waals surface area (Å²) in [5.41, 5.74) is 8.70. The van der Waals surface area contributed by atoms with E-state index in [1.54, 1.807) is 12.3 Å². The fourth-order valence-electron chi connectivity index (χ4n) is 2.17. The minimum absolute atomic E-state index is 0.519. The molecule has 1 saturated carbocycles. The van der Waals surface area contributed by atoms with Crippen molar-refractivity contribution in [3.8, 4) is 11.4 Å². The Balaban J connectivity index is 2.00. The molecule has 0 radical (unpaired) electrons. The third-order valence-electron chi connectivity index (χ3n) is 3.44. The average Bonchev–Trinajstić information content (AvgIpc) is 2.26. The molecule has 4 nitrogen and oxygen atoms in total. The Bertz CT molecular complexity index is 559. The minimum Gasteiger partial charge on any atom is -0.384 e. The molecule has 92 valence electrons. The number of anilines is 1. The van der Waals surface area contributed by atoms with E-state index in [-0.39, 0.29) is 0 Å². The summed E-state index contributed by atoms with van der Waals surface area (Å²) in [7, 11) is 0. The van der Waals surface area contributed by atoms with Gasteiger partial charge >= 0.3 is 0 Å². The first-order chi connectivity index (χ1) is 8.72. The molecule has 1 aliphatic rings. The van der Waals surface area contributed by atoms with E-state index in [2.05, 4.69) is 21.0 Å². The van der Waals surface area contributed by atoms with Gasteiger partial charge in [0.05, 0.1) is 0 Å². The van der Waals surface area contributed by atoms with E-state index in [1.165, 1.54) is 25.0 Å². The second kappa shape index (κ2) is 4.37. The lowest BCUT2D eigenvalue weighted by Gasteiger charge is -2.25. The van der Waals surface area contributed by atoms with Crippen LogP contribution in [0.4, 0.5) is 5.82 Å². The van der Waals surface area contributed by atoms with Crippen molar-refractivity contribution in [2.75, 3.05) is 5.73 Å². The molecule has 2 heterocycles. The molecular formula is C14H16N4. The predicted molar refractivity (Wildman–Crippen MR) is 71.0 cm³/mol. The molecule has 2 aromatic rings. The van der Waals surface area contributed by atoms with Crippen LogP contribution >= 0.6 is 0 Å². The number of nitrogen functional groups attached to an aromatic ring is 1. The van der Waals surface area contributed by atoms with E-state index in [0.717, 1.165) is 17.1 Å². The van der Waals surface area contributed by atoms with E-state index < -0.39 is 0 Å². The number of rotatable bonds is 2. The van der Waals surface area contributed by atoms with E-state index in [4.69, 9.17) is 5.73 Å². The van der Waals surface area contributed by atoms with Crippen molar-refractivity contribution in [1.82, 2.24) is 15.0 Å². The molecule has 3 rings (SSSR count). The van der Waals surface area contributed by atoms with E-state index in [1.807, 2.05) is 13.0 Å². The van der Waals surface area contributed by atoms with Crippen LogP contribution in [0.3, 0.4) is 0 Å². The van der Waals surface area contributed by atoms with Crippen molar-refractivity contribution < 1.29 is 0 Å². The highest BCUT2D eigenvalue weighted by molar-refractivity contribution is 5.55. The zero-order valence-electron chi connectivity index (χ0n) is 10.4. The number of aromatic nitrogens is 3. The summed E-state index contributed by atoms with van der Waals surface area (Å²) in [6, 6.07) is 5.80. The molecule has 0 unspecified atom stereocenters. The summed E-state index contributed by atoms with van der Waals surface area (Å²) >= 11 is 0. The van der Waals surface area contributed by atoms with Crippen molar-refractivity contribution in [1.29, 1.82) is 0 Å². The summed E-state index contributed by atoms with van der Waals surface area (Å²) in [6.45, 7) is 2.01. The fraction of sp³-hybridized carbons (Fsp3) is 0.357. The zero-order chi connectivity index (χ0) is 12.5. The average molecular weight is 240 g/mol. The van der Waals surface area contributed by atoms with Gasteiger partial charge in [-0.2, -0.15) is 0 Å². The largest absolute Gasteiger partial charge is 0.384 e. The second-order valence-electron chi connectivity index (χ2n) is 4.86. The van der Waals surface area contributed by atoms with Crippen LogP contribution < -0.4 is 5.73 Å². The molecule has 0 spiro atoms. The van der Waals surface area contributed by atoms with Gasteiger partial charge in [0.25, 0.3) is 0 Å². The minimum atomic E-state index is 0.519. The lowest BCUT2D eigenvalue weighted by atomic mass is 9.82. The molecule has 18 heavy (non-hydrogen) atoms. The molecule has 2 N–H and O–H groups in total. The third-order valence-corrected chi connectivity index (χ3v) is 3.44. The number of nitrogens with zero attached hydrogens (tertiary/aromatic N) is 3. The Morgan fingerprint density at radius 2 is 2.06 bits per heavy atom. The molecule has 0 aliphatic heterocycles. The van der Waals surface area contributed by atoms with Crippen molar-refractivity contribution in [2.24, 2.45) is 0 Å². The van der Waals surface area contributed by atoms with Gasteiger partial charge in [-0.15, -0.1) is 0 Å². The maximum atomic E-state index is 5.59. The lowest BCUT2D eigenvalue weighted by Crippen LogP contribution is -2.12. The SMILES string of the molecule is Cc1cc(C2CCC2)nc(-c2ccc(N)nc2)n1. The first-order valence-electron chi connectivity index (χ1n) is 6.30. The van der Waals surface area contributed by atoms with Crippen LogP contribution in [-0.2, 0) is 0 Å². The lowest BCUT2D eigenvalue weighted by molar-refractivity contribution is 0.410. The Labute approximate surface area is 106 Å². The van der Waals surface area contributed by atoms with Crippen LogP contribution in [0.2, 0.25) is 0 Å². The molecule has 0 amide bonds. The third kappa shape index (κ3) is 2.06. The summed E-state index contributed by atoms with van der Waals surface area (Å²) < 4.78 is 0. The molecule has 2 aromatic heterocycles. The van der Waals surface area contributed by atoms with Gasteiger partial charge in [0.15, 0.2) is 5.82 Å². The van der Waals surface area contributed by atoms with Crippen molar-refractivity contribution in [3.05, 3.63) is 35.8 Å². The van der Waals surface area contributed by atoms with Crippen LogP contribution in [0.5, 0.6) is 0 Å². The van der Waals surface area contributed by atoms with Gasteiger partial charge in [0.1, 0.15) is 5.82 Å². The number of aryl methyl sites for hydroxylation is 1. The Morgan fingerprint density at radius 3 is 2.67 bits per heavy atom. The highest BCUT2D eigenvalue weighted by Gasteiger charge is 2.21. The summed E-state index contributed by atoms with van der Waals surface area (Å²) in [4.78, 5) is 13.2. The van der Waals surface area contributed by atoms with Crippen molar-refractivity contribution >= 4 is 5.82 Å². The summed E-state index contributed by atoms with van der Waals surface area (Å²) in [5.74, 6) is 1.89. The summed E-state index contributed by atoms with van der Waals surface area (Å²) in [6.07, 6.45) is 5.53. The van der Waals surface area contributed by atoms with Gasteiger partial charge < -0.3 is 5.73 Å². The summed E-state index contributed by atoms with van der Waals surface area (Å²) in [5, 5.41) is 0. The van der Waals surface area contributed by atoms with Crippen molar-refractivity contribution in [2.45, 2.75) is 32.1 Å². The molecule has 0 bridgehead atoms. The molecule has 1 fully saturated rings. The fourth-order valence-corrected chi connectivity index (χ4v) is 2.17. The maximum absolute atomic E-state index is 5.59. The highest BCUT2D eigenvalue weighted by atomic mass is 14.9. The van der Waals surface area contributed by atoms with Gasteiger partial charge in [-0.25, -0.2) is 15.0 Å². The van der Waals surface area contributed by atoms with Crippen LogP contribution in [0.15, 0.2) is 24.4 Å². The first-order valence-corrected chi connectivity index (χ1v) is 6.30. The number of nitrogens with two attached hydrogens (primary N) is 1. The Morgan fingerprint density at radius 1 is 1.22 bits per heavy atom. The topological polar surface area (TPSA) is 64.7 Å². The van der Waals surface area contributed by atoms with E-state index >= 15 is 0 Å². The first kappa shape index (κ1) is 11.1. The number of pyridine rings is 1.